The minimum Gasteiger partial charge on any atom is -0.506 e. The molecule has 0 aromatic heterocycles. The van der Waals surface area contributed by atoms with Crippen LogP contribution in [-0.4, -0.2) is 51.5 Å². The number of nitrogens with zero attached hydrogens (tertiary/aromatic N) is 1. The van der Waals surface area contributed by atoms with Crippen LogP contribution in [0.1, 0.15) is 23.2 Å². The molecule has 9 nitrogen and oxygen atoms in total. The third kappa shape index (κ3) is 6.48. The van der Waals surface area contributed by atoms with E-state index in [0.29, 0.717) is 12.5 Å². The number of hydrogen-bond acceptors (Lipinski definition) is 6. The molecule has 1 fully saturated rings. The predicted molar refractivity (Wildman–Crippen MR) is 141 cm³/mol. The van der Waals surface area contributed by atoms with Crippen LogP contribution in [0.25, 0.3) is 0 Å². The molecule has 200 valence electrons. The average Bonchev–Trinajstić information content (AvgIpc) is 2.93. The Morgan fingerprint density at radius 1 is 0.974 bits per heavy atom. The van der Waals surface area contributed by atoms with E-state index < -0.39 is 27.5 Å². The second-order valence-electron chi connectivity index (χ2n) is 8.94. The third-order valence-electron chi connectivity index (χ3n) is 6.26. The lowest BCUT2D eigenvalue weighted by Crippen LogP contribution is -2.40. The lowest BCUT2D eigenvalue weighted by molar-refractivity contribution is -0.120. The van der Waals surface area contributed by atoms with Crippen molar-refractivity contribution in [2.75, 3.05) is 30.5 Å². The van der Waals surface area contributed by atoms with Crippen molar-refractivity contribution in [2.24, 2.45) is 5.92 Å². The predicted octanol–water partition coefficient (Wildman–Crippen LogP) is 2.90. The number of anilines is 2. The van der Waals surface area contributed by atoms with Gasteiger partial charge in [0.2, 0.25) is 5.91 Å². The molecule has 4 rings (SSSR count). The number of halogens is 1. The van der Waals surface area contributed by atoms with E-state index in [1.54, 1.807) is 30.3 Å². The summed E-state index contributed by atoms with van der Waals surface area (Å²) < 4.78 is 41.8. The molecule has 0 aliphatic carbocycles. The summed E-state index contributed by atoms with van der Waals surface area (Å²) in [5.41, 5.74) is 0.271. The topological polar surface area (TPSA) is 128 Å². The van der Waals surface area contributed by atoms with Gasteiger partial charge in [-0.1, -0.05) is 18.2 Å². The van der Waals surface area contributed by atoms with E-state index >= 15 is 0 Å². The lowest BCUT2D eigenvalue weighted by Gasteiger charge is -2.25. The SMILES string of the molecule is O=C(CNC(=O)c1ccc(S(=O)(=O)N(c2ccccc2)c2ccc(F)cc2O)cc1)NCC1CCNCC1. The highest BCUT2D eigenvalue weighted by Crippen LogP contribution is 2.38. The Kier molecular flexibility index (Phi) is 8.59. The quantitative estimate of drug-likeness (QED) is 0.331. The number of carbonyl (C=O) groups is 2. The van der Waals surface area contributed by atoms with E-state index in [0.717, 1.165) is 42.4 Å². The molecule has 1 saturated heterocycles. The first-order chi connectivity index (χ1) is 18.3. The number of aromatic hydroxyl groups is 1. The molecule has 1 heterocycles. The van der Waals surface area contributed by atoms with Gasteiger partial charge in [-0.3, -0.25) is 9.59 Å². The van der Waals surface area contributed by atoms with Crippen LogP contribution >= 0.6 is 0 Å². The normalized spacial score (nSPS) is 14.0. The second-order valence-corrected chi connectivity index (χ2v) is 10.7. The van der Waals surface area contributed by atoms with E-state index in [-0.39, 0.29) is 34.3 Å². The highest BCUT2D eigenvalue weighted by atomic mass is 32.2. The van der Waals surface area contributed by atoms with E-state index in [2.05, 4.69) is 16.0 Å². The summed E-state index contributed by atoms with van der Waals surface area (Å²) in [6.45, 7) is 2.22. The van der Waals surface area contributed by atoms with Crippen molar-refractivity contribution < 1.29 is 27.5 Å². The van der Waals surface area contributed by atoms with Crippen molar-refractivity contribution in [3.8, 4) is 5.75 Å². The highest BCUT2D eigenvalue weighted by molar-refractivity contribution is 7.93. The Morgan fingerprint density at radius 3 is 2.32 bits per heavy atom. The van der Waals surface area contributed by atoms with Crippen LogP contribution in [-0.2, 0) is 14.8 Å². The minimum absolute atomic E-state index is 0.130. The Balaban J connectivity index is 1.46. The Hall–Kier alpha value is -3.96. The first kappa shape index (κ1) is 27.1. The molecule has 3 aromatic carbocycles. The summed E-state index contributed by atoms with van der Waals surface area (Å²) in [7, 11) is -4.28. The number of nitrogens with one attached hydrogen (secondary N) is 3. The Bertz CT molecular complexity index is 1380. The number of sulfonamides is 1. The molecule has 0 radical (unpaired) electrons. The van der Waals surface area contributed by atoms with Gasteiger partial charge >= 0.3 is 0 Å². The second kappa shape index (κ2) is 12.1. The van der Waals surface area contributed by atoms with Crippen LogP contribution < -0.4 is 20.3 Å². The summed E-state index contributed by atoms with van der Waals surface area (Å²) >= 11 is 0. The zero-order valence-corrected chi connectivity index (χ0v) is 21.4. The highest BCUT2D eigenvalue weighted by Gasteiger charge is 2.29. The van der Waals surface area contributed by atoms with Crippen LogP contribution in [0.15, 0.2) is 77.7 Å². The molecule has 4 N–H and O–H groups in total. The number of benzene rings is 3. The van der Waals surface area contributed by atoms with E-state index in [1.807, 2.05) is 0 Å². The van der Waals surface area contributed by atoms with Gasteiger partial charge in [0.1, 0.15) is 11.6 Å². The van der Waals surface area contributed by atoms with Gasteiger partial charge in [0.05, 0.1) is 22.8 Å². The van der Waals surface area contributed by atoms with E-state index in [1.165, 1.54) is 30.3 Å². The molecule has 1 aliphatic heterocycles. The van der Waals surface area contributed by atoms with Gasteiger partial charge < -0.3 is 21.1 Å². The van der Waals surface area contributed by atoms with Crippen molar-refractivity contribution in [2.45, 2.75) is 17.7 Å². The number of carbonyl (C=O) groups excluding carboxylic acids is 2. The van der Waals surface area contributed by atoms with Gasteiger partial charge in [0.15, 0.2) is 0 Å². The molecule has 1 aliphatic rings. The molecule has 0 unspecified atom stereocenters. The summed E-state index contributed by atoms with van der Waals surface area (Å²) in [6.07, 6.45) is 1.98. The minimum atomic E-state index is -4.28. The van der Waals surface area contributed by atoms with Crippen LogP contribution in [0.2, 0.25) is 0 Å². The zero-order valence-electron chi connectivity index (χ0n) is 20.6. The fraction of sp³-hybridized carbons (Fsp3) is 0.259. The molecule has 0 bridgehead atoms. The van der Waals surface area contributed by atoms with E-state index in [9.17, 15) is 27.5 Å². The van der Waals surface area contributed by atoms with E-state index in [4.69, 9.17) is 0 Å². The van der Waals surface area contributed by atoms with Gasteiger partial charge in [0, 0.05) is 18.2 Å². The molecular weight excluding hydrogens is 511 g/mol. The molecule has 0 atom stereocenters. The third-order valence-corrected chi connectivity index (χ3v) is 8.01. The molecule has 0 spiro atoms. The first-order valence-corrected chi connectivity index (χ1v) is 13.6. The van der Waals surface area contributed by atoms with Gasteiger partial charge in [0.25, 0.3) is 15.9 Å². The standard InChI is InChI=1S/C27H29FN4O5S/c28-21-8-11-24(25(33)16-21)32(22-4-2-1-3-5-22)38(36,37)23-9-6-20(7-10-23)27(35)31-18-26(34)30-17-19-12-14-29-15-13-19/h1-11,16,19,29,33H,12-15,17-18H2,(H,30,34)(H,31,35). The lowest BCUT2D eigenvalue weighted by atomic mass is 9.98. The summed E-state index contributed by atoms with van der Waals surface area (Å²) in [4.78, 5) is 24.5. The van der Waals surface area contributed by atoms with Crippen LogP contribution in [0.5, 0.6) is 5.75 Å². The molecule has 2 amide bonds. The van der Waals surface area contributed by atoms with Crippen molar-refractivity contribution in [1.82, 2.24) is 16.0 Å². The van der Waals surface area contributed by atoms with Gasteiger partial charge in [-0.05, 0) is 80.4 Å². The smallest absolute Gasteiger partial charge is 0.268 e. The summed E-state index contributed by atoms with van der Waals surface area (Å²) in [5.74, 6) is -1.67. The van der Waals surface area contributed by atoms with Gasteiger partial charge in [-0.2, -0.15) is 0 Å². The van der Waals surface area contributed by atoms with Crippen LogP contribution in [0.3, 0.4) is 0 Å². The van der Waals surface area contributed by atoms with Crippen molar-refractivity contribution >= 4 is 33.2 Å². The first-order valence-electron chi connectivity index (χ1n) is 12.2. The van der Waals surface area contributed by atoms with Gasteiger partial charge in [-0.15, -0.1) is 0 Å². The van der Waals surface area contributed by atoms with Crippen molar-refractivity contribution in [3.05, 3.63) is 84.2 Å². The maximum Gasteiger partial charge on any atom is 0.268 e. The van der Waals surface area contributed by atoms with Crippen LogP contribution in [0.4, 0.5) is 15.8 Å². The maximum absolute atomic E-state index is 13.6. The number of rotatable bonds is 9. The number of piperidine rings is 1. The number of phenols is 1. The Labute approximate surface area is 220 Å². The number of amides is 2. The largest absolute Gasteiger partial charge is 0.506 e. The van der Waals surface area contributed by atoms with Crippen molar-refractivity contribution in [3.63, 3.8) is 0 Å². The molecule has 11 heteroatoms. The summed E-state index contributed by atoms with van der Waals surface area (Å²) in [5, 5.41) is 19.0. The Morgan fingerprint density at radius 2 is 1.66 bits per heavy atom. The number of phenolic OH excluding ortho intramolecular Hbond substituents is 1. The molecule has 0 saturated carbocycles. The zero-order chi connectivity index (χ0) is 27.1. The fourth-order valence-electron chi connectivity index (χ4n) is 4.19. The summed E-state index contributed by atoms with van der Waals surface area (Å²) in [6, 6.07) is 16.3. The molecular formula is C27H29FN4O5S. The number of para-hydroxylation sites is 1. The molecule has 3 aromatic rings. The molecule has 38 heavy (non-hydrogen) atoms. The van der Waals surface area contributed by atoms with Crippen molar-refractivity contribution in [1.29, 1.82) is 0 Å². The number of hydrogen-bond donors (Lipinski definition) is 4. The van der Waals surface area contributed by atoms with Crippen LogP contribution in [0, 0.1) is 11.7 Å². The van der Waals surface area contributed by atoms with Gasteiger partial charge in [-0.25, -0.2) is 17.1 Å². The monoisotopic (exact) mass is 540 g/mol. The fourth-order valence-corrected chi connectivity index (χ4v) is 5.70. The maximum atomic E-state index is 13.6. The average molecular weight is 541 g/mol.